The third kappa shape index (κ3) is 5.15. The lowest BCUT2D eigenvalue weighted by Gasteiger charge is -2.36. The molecule has 3 rings (SSSR count). The second-order valence-electron chi connectivity index (χ2n) is 6.05. The second-order valence-corrected chi connectivity index (χ2v) is 7.58. The molecule has 0 spiro atoms. The highest BCUT2D eigenvalue weighted by atomic mass is 35.5. The Morgan fingerprint density at radius 2 is 1.75 bits per heavy atom. The van der Waals surface area contributed by atoms with Crippen molar-refractivity contribution in [3.05, 3.63) is 59.6 Å². The topological polar surface area (TPSA) is 26.7 Å². The monoisotopic (exact) mass is 362 g/mol. The van der Waals surface area contributed by atoms with Gasteiger partial charge in [0.25, 0.3) is 0 Å². The average molecular weight is 363 g/mol. The van der Waals surface area contributed by atoms with Crippen LogP contribution in [0, 0.1) is 0 Å². The van der Waals surface area contributed by atoms with Crippen LogP contribution in [0.15, 0.2) is 59.5 Å². The lowest BCUT2D eigenvalue weighted by atomic mass is 10.2. The molecule has 1 atom stereocenters. The van der Waals surface area contributed by atoms with Gasteiger partial charge in [-0.3, -0.25) is 4.90 Å². The molecule has 24 heavy (non-hydrogen) atoms. The van der Waals surface area contributed by atoms with Crippen LogP contribution >= 0.6 is 23.4 Å². The summed E-state index contributed by atoms with van der Waals surface area (Å²) in [4.78, 5) is 5.86. The van der Waals surface area contributed by atoms with Crippen molar-refractivity contribution in [2.24, 2.45) is 0 Å². The summed E-state index contributed by atoms with van der Waals surface area (Å²) in [6.45, 7) is 4.74. The maximum atomic E-state index is 10.3. The molecule has 0 saturated carbocycles. The van der Waals surface area contributed by atoms with Crippen LogP contribution in [-0.4, -0.2) is 54.6 Å². The normalized spacial score (nSPS) is 17.0. The van der Waals surface area contributed by atoms with E-state index in [9.17, 15) is 5.11 Å². The minimum absolute atomic E-state index is 0.322. The molecule has 1 N–H and O–H groups in total. The Kier molecular flexibility index (Phi) is 6.44. The van der Waals surface area contributed by atoms with Gasteiger partial charge in [-0.25, -0.2) is 0 Å². The Balaban J connectivity index is 1.41. The summed E-state index contributed by atoms with van der Waals surface area (Å²) < 4.78 is 0. The minimum atomic E-state index is -0.322. The lowest BCUT2D eigenvalue weighted by Crippen LogP contribution is -2.48. The fourth-order valence-electron chi connectivity index (χ4n) is 2.93. The van der Waals surface area contributed by atoms with Gasteiger partial charge in [0.15, 0.2) is 0 Å². The average Bonchev–Trinajstić information content (AvgIpc) is 2.61. The lowest BCUT2D eigenvalue weighted by molar-refractivity contribution is 0.126. The number of piperazine rings is 1. The van der Waals surface area contributed by atoms with Crippen molar-refractivity contribution in [1.29, 1.82) is 0 Å². The molecule has 128 valence electrons. The highest BCUT2D eigenvalue weighted by molar-refractivity contribution is 7.99. The number of rotatable bonds is 6. The molecule has 0 amide bonds. The molecule has 1 fully saturated rings. The molecule has 1 saturated heterocycles. The molecule has 1 aliphatic heterocycles. The van der Waals surface area contributed by atoms with Gasteiger partial charge in [0.1, 0.15) is 0 Å². The van der Waals surface area contributed by atoms with Crippen molar-refractivity contribution in [2.75, 3.05) is 43.4 Å². The molecular formula is C19H23ClN2OS. The Hall–Kier alpha value is -1.20. The molecule has 2 aromatic rings. The van der Waals surface area contributed by atoms with Crippen LogP contribution in [0.5, 0.6) is 0 Å². The van der Waals surface area contributed by atoms with Crippen LogP contribution in [0.25, 0.3) is 0 Å². The van der Waals surface area contributed by atoms with E-state index < -0.39 is 0 Å². The number of hydrogen-bond acceptors (Lipinski definition) is 4. The van der Waals surface area contributed by atoms with E-state index in [-0.39, 0.29) is 6.10 Å². The Bertz CT molecular complexity index is 632. The molecule has 0 aliphatic carbocycles. The van der Waals surface area contributed by atoms with E-state index in [2.05, 4.69) is 34.1 Å². The van der Waals surface area contributed by atoms with E-state index in [1.54, 1.807) is 11.8 Å². The van der Waals surface area contributed by atoms with Crippen molar-refractivity contribution in [3.8, 4) is 0 Å². The van der Waals surface area contributed by atoms with E-state index in [0.29, 0.717) is 5.75 Å². The first-order chi connectivity index (χ1) is 11.7. The van der Waals surface area contributed by atoms with Crippen LogP contribution in [-0.2, 0) is 0 Å². The number of halogens is 1. The maximum Gasteiger partial charge on any atom is 0.0760 e. The SMILES string of the molecule is OC(CSc1cccc(Cl)c1)CN1CCN(c2ccccc2)CC1. The number of anilines is 1. The Labute approximate surface area is 153 Å². The van der Waals surface area contributed by atoms with E-state index >= 15 is 0 Å². The number of benzene rings is 2. The number of nitrogens with zero attached hydrogens (tertiary/aromatic N) is 2. The van der Waals surface area contributed by atoms with Crippen molar-refractivity contribution >= 4 is 29.1 Å². The molecule has 0 bridgehead atoms. The highest BCUT2D eigenvalue weighted by Crippen LogP contribution is 2.22. The number of para-hydroxylation sites is 1. The molecule has 0 aromatic heterocycles. The summed E-state index contributed by atoms with van der Waals surface area (Å²) in [7, 11) is 0. The van der Waals surface area contributed by atoms with E-state index in [1.807, 2.05) is 30.3 Å². The van der Waals surface area contributed by atoms with Crippen LogP contribution in [0.1, 0.15) is 0 Å². The summed E-state index contributed by atoms with van der Waals surface area (Å²) in [5.74, 6) is 0.694. The number of aliphatic hydroxyl groups is 1. The van der Waals surface area contributed by atoms with E-state index in [4.69, 9.17) is 11.6 Å². The predicted octanol–water partition coefficient (Wildman–Crippen LogP) is 3.62. The number of β-amino-alcohol motifs (C(OH)–C–C–N with tert-alkyl or cyclic N) is 1. The van der Waals surface area contributed by atoms with Crippen LogP contribution in [0.2, 0.25) is 5.02 Å². The third-order valence-electron chi connectivity index (χ3n) is 4.20. The van der Waals surface area contributed by atoms with Crippen molar-refractivity contribution in [3.63, 3.8) is 0 Å². The van der Waals surface area contributed by atoms with Gasteiger partial charge in [0.2, 0.25) is 0 Å². The largest absolute Gasteiger partial charge is 0.391 e. The third-order valence-corrected chi connectivity index (χ3v) is 5.57. The number of hydrogen-bond donors (Lipinski definition) is 1. The molecule has 5 heteroatoms. The van der Waals surface area contributed by atoms with Gasteiger partial charge in [0, 0.05) is 54.1 Å². The van der Waals surface area contributed by atoms with Gasteiger partial charge < -0.3 is 10.0 Å². The summed E-state index contributed by atoms with van der Waals surface area (Å²) in [5.41, 5.74) is 1.29. The van der Waals surface area contributed by atoms with Crippen LogP contribution in [0.4, 0.5) is 5.69 Å². The van der Waals surface area contributed by atoms with Gasteiger partial charge >= 0.3 is 0 Å². The van der Waals surface area contributed by atoms with Gasteiger partial charge in [-0.2, -0.15) is 0 Å². The summed E-state index contributed by atoms with van der Waals surface area (Å²) in [5, 5.41) is 11.0. The Morgan fingerprint density at radius 3 is 2.46 bits per heavy atom. The van der Waals surface area contributed by atoms with Gasteiger partial charge in [-0.05, 0) is 30.3 Å². The van der Waals surface area contributed by atoms with Crippen molar-refractivity contribution < 1.29 is 5.11 Å². The Morgan fingerprint density at radius 1 is 1.00 bits per heavy atom. The fourth-order valence-corrected chi connectivity index (χ4v) is 4.06. The number of thioether (sulfide) groups is 1. The molecular weight excluding hydrogens is 340 g/mol. The zero-order valence-corrected chi connectivity index (χ0v) is 15.2. The van der Waals surface area contributed by atoms with E-state index in [1.165, 1.54) is 5.69 Å². The summed E-state index contributed by atoms with van der Waals surface area (Å²) in [6.07, 6.45) is -0.322. The molecule has 2 aromatic carbocycles. The maximum absolute atomic E-state index is 10.3. The first-order valence-corrected chi connectivity index (χ1v) is 9.66. The van der Waals surface area contributed by atoms with E-state index in [0.717, 1.165) is 42.6 Å². The first kappa shape index (κ1) is 17.6. The van der Waals surface area contributed by atoms with Gasteiger partial charge in [0.05, 0.1) is 6.10 Å². The quantitative estimate of drug-likeness (QED) is 0.794. The molecule has 1 unspecified atom stereocenters. The highest BCUT2D eigenvalue weighted by Gasteiger charge is 2.19. The predicted molar refractivity (Wildman–Crippen MR) is 103 cm³/mol. The van der Waals surface area contributed by atoms with Crippen molar-refractivity contribution in [1.82, 2.24) is 4.90 Å². The molecule has 1 heterocycles. The minimum Gasteiger partial charge on any atom is -0.391 e. The standard InChI is InChI=1S/C19H23ClN2OS/c20-16-5-4-8-19(13-16)24-15-18(23)14-21-9-11-22(12-10-21)17-6-2-1-3-7-17/h1-8,13,18,23H,9-12,14-15H2. The smallest absolute Gasteiger partial charge is 0.0760 e. The molecule has 1 aliphatic rings. The second kappa shape index (κ2) is 8.77. The molecule has 0 radical (unpaired) electrons. The first-order valence-electron chi connectivity index (χ1n) is 8.29. The van der Waals surface area contributed by atoms with Crippen molar-refractivity contribution in [2.45, 2.75) is 11.0 Å². The zero-order valence-electron chi connectivity index (χ0n) is 13.6. The van der Waals surface area contributed by atoms with Gasteiger partial charge in [-0.15, -0.1) is 11.8 Å². The van der Waals surface area contributed by atoms with Crippen LogP contribution in [0.3, 0.4) is 0 Å². The summed E-state index contributed by atoms with van der Waals surface area (Å²) in [6, 6.07) is 18.3. The van der Waals surface area contributed by atoms with Gasteiger partial charge in [-0.1, -0.05) is 35.9 Å². The number of aliphatic hydroxyl groups excluding tert-OH is 1. The molecule has 3 nitrogen and oxygen atoms in total. The summed E-state index contributed by atoms with van der Waals surface area (Å²) >= 11 is 7.65. The fraction of sp³-hybridized carbons (Fsp3) is 0.368. The van der Waals surface area contributed by atoms with Crippen LogP contribution < -0.4 is 4.90 Å². The zero-order chi connectivity index (χ0) is 16.8.